The molecule has 3 heteroatoms. The quantitative estimate of drug-likeness (QED) is 0.830. The van der Waals surface area contributed by atoms with E-state index in [4.69, 9.17) is 10.5 Å². The van der Waals surface area contributed by atoms with Gasteiger partial charge in [0.15, 0.2) is 0 Å². The molecule has 0 aromatic heterocycles. The van der Waals surface area contributed by atoms with E-state index in [9.17, 15) is 0 Å². The molecule has 1 rings (SSSR count). The Morgan fingerprint density at radius 3 is 2.32 bits per heavy atom. The number of methoxy groups -OCH3 is 1. The number of benzene rings is 1. The van der Waals surface area contributed by atoms with Gasteiger partial charge in [0.2, 0.25) is 0 Å². The molecule has 1 aromatic rings. The number of aryl methyl sites for hydroxylation is 2. The van der Waals surface area contributed by atoms with Crippen LogP contribution in [-0.2, 0) is 0 Å². The molecule has 0 heterocycles. The van der Waals surface area contributed by atoms with Crippen LogP contribution in [0.2, 0.25) is 0 Å². The summed E-state index contributed by atoms with van der Waals surface area (Å²) in [6.45, 7) is 9.34. The summed E-state index contributed by atoms with van der Waals surface area (Å²) < 4.78 is 5.58. The molecule has 0 saturated heterocycles. The molecular formula is C16H28N2O. The molecule has 0 saturated carbocycles. The van der Waals surface area contributed by atoms with E-state index in [0.717, 1.165) is 5.75 Å². The van der Waals surface area contributed by atoms with Crippen molar-refractivity contribution >= 4 is 0 Å². The van der Waals surface area contributed by atoms with Crippen LogP contribution in [0.1, 0.15) is 36.6 Å². The van der Waals surface area contributed by atoms with Crippen molar-refractivity contribution in [1.82, 2.24) is 5.32 Å². The number of rotatable bonds is 6. The Hall–Kier alpha value is -1.06. The predicted octanol–water partition coefficient (Wildman–Crippen LogP) is 2.80. The summed E-state index contributed by atoms with van der Waals surface area (Å²) in [5.74, 6) is 1.86. The van der Waals surface area contributed by atoms with Crippen molar-refractivity contribution in [3.63, 3.8) is 0 Å². The third-order valence-corrected chi connectivity index (χ3v) is 3.89. The first-order chi connectivity index (χ1) is 8.96. The average molecular weight is 264 g/mol. The third-order valence-electron chi connectivity index (χ3n) is 3.89. The molecule has 0 aliphatic carbocycles. The van der Waals surface area contributed by atoms with Gasteiger partial charge in [0, 0.05) is 11.6 Å². The van der Waals surface area contributed by atoms with Gasteiger partial charge in [-0.1, -0.05) is 19.9 Å². The van der Waals surface area contributed by atoms with Crippen molar-refractivity contribution in [1.29, 1.82) is 0 Å². The van der Waals surface area contributed by atoms with Gasteiger partial charge in [-0.25, -0.2) is 0 Å². The highest BCUT2D eigenvalue weighted by molar-refractivity contribution is 5.45. The van der Waals surface area contributed by atoms with Crippen LogP contribution in [-0.4, -0.2) is 20.7 Å². The van der Waals surface area contributed by atoms with Crippen molar-refractivity contribution in [2.45, 2.75) is 33.7 Å². The fourth-order valence-corrected chi connectivity index (χ4v) is 2.87. The van der Waals surface area contributed by atoms with E-state index in [0.29, 0.717) is 18.4 Å². The van der Waals surface area contributed by atoms with Crippen molar-refractivity contribution in [3.8, 4) is 5.75 Å². The molecule has 19 heavy (non-hydrogen) atoms. The van der Waals surface area contributed by atoms with Gasteiger partial charge in [0.05, 0.1) is 7.11 Å². The Bertz CT molecular complexity index is 415. The minimum absolute atomic E-state index is 0.223. The van der Waals surface area contributed by atoms with Crippen LogP contribution in [0.15, 0.2) is 12.1 Å². The fraction of sp³-hybridized carbons (Fsp3) is 0.625. The van der Waals surface area contributed by atoms with Gasteiger partial charge in [-0.3, -0.25) is 0 Å². The fourth-order valence-electron chi connectivity index (χ4n) is 2.87. The van der Waals surface area contributed by atoms with Gasteiger partial charge in [-0.2, -0.15) is 0 Å². The average Bonchev–Trinajstić information content (AvgIpc) is 2.35. The molecule has 2 atom stereocenters. The van der Waals surface area contributed by atoms with Crippen LogP contribution in [0, 0.1) is 25.7 Å². The predicted molar refractivity (Wildman–Crippen MR) is 81.7 cm³/mol. The van der Waals surface area contributed by atoms with Gasteiger partial charge in [0.25, 0.3) is 0 Å². The second kappa shape index (κ2) is 6.92. The molecule has 0 aliphatic heterocycles. The van der Waals surface area contributed by atoms with Crippen molar-refractivity contribution in [2.75, 3.05) is 20.7 Å². The zero-order chi connectivity index (χ0) is 14.6. The van der Waals surface area contributed by atoms with Crippen LogP contribution >= 0.6 is 0 Å². The van der Waals surface area contributed by atoms with Crippen LogP contribution < -0.4 is 15.8 Å². The normalized spacial score (nSPS) is 14.5. The molecular weight excluding hydrogens is 236 g/mol. The first kappa shape index (κ1) is 16.0. The van der Waals surface area contributed by atoms with E-state index >= 15 is 0 Å². The molecule has 0 radical (unpaired) electrons. The topological polar surface area (TPSA) is 47.3 Å². The Labute approximate surface area is 117 Å². The molecule has 1 aromatic carbocycles. The second-order valence-corrected chi connectivity index (χ2v) is 5.61. The summed E-state index contributed by atoms with van der Waals surface area (Å²) in [6.07, 6.45) is 0. The number of ether oxygens (including phenoxy) is 1. The summed E-state index contributed by atoms with van der Waals surface area (Å²) >= 11 is 0. The number of hydrogen-bond donors (Lipinski definition) is 2. The lowest BCUT2D eigenvalue weighted by Gasteiger charge is -2.31. The largest absolute Gasteiger partial charge is 0.496 e. The first-order valence-corrected chi connectivity index (χ1v) is 6.98. The first-order valence-electron chi connectivity index (χ1n) is 6.98. The molecule has 0 fully saturated rings. The molecule has 0 aliphatic rings. The highest BCUT2D eigenvalue weighted by Gasteiger charge is 2.27. The summed E-state index contributed by atoms with van der Waals surface area (Å²) in [5.41, 5.74) is 9.70. The Kier molecular flexibility index (Phi) is 5.83. The van der Waals surface area contributed by atoms with E-state index in [-0.39, 0.29) is 6.04 Å². The van der Waals surface area contributed by atoms with Crippen molar-refractivity contribution in [2.24, 2.45) is 17.6 Å². The zero-order valence-electron chi connectivity index (χ0n) is 13.1. The SMILES string of the molecule is CNC(c1c(C)cc(C)cc1OC)C(CN)C(C)C. The molecule has 3 N–H and O–H groups in total. The van der Waals surface area contributed by atoms with Gasteiger partial charge in [-0.15, -0.1) is 0 Å². The summed E-state index contributed by atoms with van der Waals surface area (Å²) in [5, 5.41) is 3.43. The molecule has 3 nitrogen and oxygen atoms in total. The van der Waals surface area contributed by atoms with Crippen LogP contribution in [0.25, 0.3) is 0 Å². The maximum absolute atomic E-state index is 5.98. The van der Waals surface area contributed by atoms with Crippen LogP contribution in [0.5, 0.6) is 5.75 Å². The van der Waals surface area contributed by atoms with E-state index in [1.54, 1.807) is 7.11 Å². The van der Waals surface area contributed by atoms with Crippen molar-refractivity contribution in [3.05, 3.63) is 28.8 Å². The van der Waals surface area contributed by atoms with E-state index in [1.165, 1.54) is 16.7 Å². The van der Waals surface area contributed by atoms with E-state index in [1.807, 2.05) is 7.05 Å². The minimum Gasteiger partial charge on any atom is -0.496 e. The van der Waals surface area contributed by atoms with E-state index < -0.39 is 0 Å². The highest BCUT2D eigenvalue weighted by atomic mass is 16.5. The van der Waals surface area contributed by atoms with Gasteiger partial charge in [0.1, 0.15) is 5.75 Å². The monoisotopic (exact) mass is 264 g/mol. The maximum atomic E-state index is 5.98. The summed E-state index contributed by atoms with van der Waals surface area (Å²) in [4.78, 5) is 0. The van der Waals surface area contributed by atoms with Crippen LogP contribution in [0.4, 0.5) is 0 Å². The molecule has 0 spiro atoms. The standard InChI is InChI=1S/C16H28N2O/c1-10(2)13(9-17)16(18-5)15-12(4)7-11(3)8-14(15)19-6/h7-8,10,13,16,18H,9,17H2,1-6H3. The highest BCUT2D eigenvalue weighted by Crippen LogP contribution is 2.36. The summed E-state index contributed by atoms with van der Waals surface area (Å²) in [6, 6.07) is 4.52. The van der Waals surface area contributed by atoms with Gasteiger partial charge in [-0.05, 0) is 56.5 Å². The van der Waals surface area contributed by atoms with Gasteiger partial charge < -0.3 is 15.8 Å². The second-order valence-electron chi connectivity index (χ2n) is 5.61. The lowest BCUT2D eigenvalue weighted by molar-refractivity contribution is 0.289. The summed E-state index contributed by atoms with van der Waals surface area (Å²) in [7, 11) is 3.73. The minimum atomic E-state index is 0.223. The maximum Gasteiger partial charge on any atom is 0.124 e. The van der Waals surface area contributed by atoms with Crippen molar-refractivity contribution < 1.29 is 4.74 Å². The zero-order valence-corrected chi connectivity index (χ0v) is 13.1. The molecule has 108 valence electrons. The Morgan fingerprint density at radius 2 is 1.89 bits per heavy atom. The van der Waals surface area contributed by atoms with Crippen LogP contribution in [0.3, 0.4) is 0 Å². The molecule has 2 unspecified atom stereocenters. The molecule has 0 amide bonds. The number of nitrogens with two attached hydrogens (primary N) is 1. The third kappa shape index (κ3) is 3.48. The molecule has 0 bridgehead atoms. The smallest absolute Gasteiger partial charge is 0.124 e. The lowest BCUT2D eigenvalue weighted by atomic mass is 9.82. The Balaban J connectivity index is 3.31. The van der Waals surface area contributed by atoms with E-state index in [2.05, 4.69) is 45.1 Å². The Morgan fingerprint density at radius 1 is 1.26 bits per heavy atom. The number of hydrogen-bond acceptors (Lipinski definition) is 3. The number of nitrogens with one attached hydrogen (secondary N) is 1. The van der Waals surface area contributed by atoms with Gasteiger partial charge >= 0.3 is 0 Å². The lowest BCUT2D eigenvalue weighted by Crippen LogP contribution is -2.34.